The van der Waals surface area contributed by atoms with E-state index in [1.54, 1.807) is 11.3 Å². The molecular weight excluding hydrogens is 356 g/mol. The first-order valence-corrected chi connectivity index (χ1v) is 11.3. The van der Waals surface area contributed by atoms with Gasteiger partial charge in [0.2, 0.25) is 5.91 Å². The molecular formula is C22H36N2O2S. The number of hydrogen-bond donors (Lipinski definition) is 2. The summed E-state index contributed by atoms with van der Waals surface area (Å²) >= 11 is 1.73. The summed E-state index contributed by atoms with van der Waals surface area (Å²) in [6.45, 7) is 10.1. The quantitative estimate of drug-likeness (QED) is 0.783. The Bertz CT molecular complexity index is 615. The number of carbonyl (C=O) groups is 1. The van der Waals surface area contributed by atoms with Gasteiger partial charge >= 0.3 is 0 Å². The van der Waals surface area contributed by atoms with E-state index in [1.165, 1.54) is 30.6 Å². The van der Waals surface area contributed by atoms with Crippen molar-refractivity contribution in [1.29, 1.82) is 0 Å². The second-order valence-electron chi connectivity index (χ2n) is 10.00. The zero-order chi connectivity index (χ0) is 19.7. The summed E-state index contributed by atoms with van der Waals surface area (Å²) in [6, 6.07) is 4.01. The zero-order valence-corrected chi connectivity index (χ0v) is 18.1. The molecule has 0 bridgehead atoms. The molecule has 2 aliphatic rings. The molecule has 1 amide bonds. The van der Waals surface area contributed by atoms with Gasteiger partial charge in [-0.05, 0) is 49.0 Å². The summed E-state index contributed by atoms with van der Waals surface area (Å²) in [5.74, 6) is 0.790. The number of thiophene rings is 1. The SMILES string of the molecule is CC(C)(C)CC(=O)NC1C(c2cccs2)N(CC2CCCC2)CCC1(C)O. The van der Waals surface area contributed by atoms with Crippen LogP contribution in [0.3, 0.4) is 0 Å². The number of carbonyl (C=O) groups excluding carboxylic acids is 1. The Labute approximate surface area is 168 Å². The second-order valence-corrected chi connectivity index (χ2v) is 11.0. The normalized spacial score (nSPS) is 30.6. The summed E-state index contributed by atoms with van der Waals surface area (Å²) in [5.41, 5.74) is -0.957. The largest absolute Gasteiger partial charge is 0.388 e. The van der Waals surface area contributed by atoms with Gasteiger partial charge in [-0.15, -0.1) is 11.3 Å². The lowest BCUT2D eigenvalue weighted by molar-refractivity contribution is -0.130. The molecule has 1 aliphatic heterocycles. The molecule has 1 saturated heterocycles. The molecule has 2 N–H and O–H groups in total. The fourth-order valence-corrected chi connectivity index (χ4v) is 5.59. The standard InChI is InChI=1S/C22H36N2O2S/c1-21(2,3)14-18(25)23-20-19(17-10-7-13-27-17)24(12-11-22(20,4)26)15-16-8-5-6-9-16/h7,10,13,16,19-20,26H,5-6,8-9,11-12,14-15H2,1-4H3,(H,23,25). The smallest absolute Gasteiger partial charge is 0.220 e. The van der Waals surface area contributed by atoms with E-state index in [4.69, 9.17) is 0 Å². The van der Waals surface area contributed by atoms with Crippen LogP contribution in [0.2, 0.25) is 0 Å². The minimum absolute atomic E-state index is 0.0389. The molecule has 27 heavy (non-hydrogen) atoms. The minimum Gasteiger partial charge on any atom is -0.388 e. The van der Waals surface area contributed by atoms with Crippen molar-refractivity contribution in [3.8, 4) is 0 Å². The van der Waals surface area contributed by atoms with Crippen molar-refractivity contribution < 1.29 is 9.90 Å². The van der Waals surface area contributed by atoms with Gasteiger partial charge in [-0.25, -0.2) is 0 Å². The van der Waals surface area contributed by atoms with E-state index in [1.807, 2.05) is 6.92 Å². The Morgan fingerprint density at radius 2 is 2.07 bits per heavy atom. The molecule has 0 spiro atoms. The highest BCUT2D eigenvalue weighted by molar-refractivity contribution is 7.10. The summed E-state index contributed by atoms with van der Waals surface area (Å²) in [4.78, 5) is 16.5. The van der Waals surface area contributed by atoms with Crippen LogP contribution >= 0.6 is 11.3 Å². The highest BCUT2D eigenvalue weighted by atomic mass is 32.1. The second kappa shape index (κ2) is 8.22. The van der Waals surface area contributed by atoms with Crippen LogP contribution in [0.1, 0.15) is 77.1 Å². The molecule has 2 heterocycles. The molecule has 5 heteroatoms. The zero-order valence-electron chi connectivity index (χ0n) is 17.3. The van der Waals surface area contributed by atoms with Gasteiger partial charge in [0.25, 0.3) is 0 Å². The van der Waals surface area contributed by atoms with Gasteiger partial charge in [0, 0.05) is 24.4 Å². The van der Waals surface area contributed by atoms with Gasteiger partial charge in [0.15, 0.2) is 0 Å². The van der Waals surface area contributed by atoms with E-state index in [9.17, 15) is 9.90 Å². The lowest BCUT2D eigenvalue weighted by atomic mass is 9.80. The molecule has 3 atom stereocenters. The monoisotopic (exact) mass is 392 g/mol. The Kier molecular flexibility index (Phi) is 6.34. The topological polar surface area (TPSA) is 52.6 Å². The Morgan fingerprint density at radius 3 is 2.67 bits per heavy atom. The van der Waals surface area contributed by atoms with Crippen LogP contribution in [0.5, 0.6) is 0 Å². The number of likely N-dealkylation sites (tertiary alicyclic amines) is 1. The highest BCUT2D eigenvalue weighted by Crippen LogP contribution is 2.40. The molecule has 152 valence electrons. The number of nitrogens with zero attached hydrogens (tertiary/aromatic N) is 1. The maximum absolute atomic E-state index is 12.7. The van der Waals surface area contributed by atoms with Crippen molar-refractivity contribution in [3.05, 3.63) is 22.4 Å². The van der Waals surface area contributed by atoms with Crippen molar-refractivity contribution in [1.82, 2.24) is 10.2 Å². The van der Waals surface area contributed by atoms with Crippen LogP contribution in [0.25, 0.3) is 0 Å². The Morgan fingerprint density at radius 1 is 1.37 bits per heavy atom. The highest BCUT2D eigenvalue weighted by Gasteiger charge is 2.47. The summed E-state index contributed by atoms with van der Waals surface area (Å²) < 4.78 is 0. The van der Waals surface area contributed by atoms with Gasteiger partial charge in [-0.3, -0.25) is 9.69 Å². The Hall–Kier alpha value is -0.910. The Balaban J connectivity index is 1.83. The van der Waals surface area contributed by atoms with Gasteiger partial charge < -0.3 is 10.4 Å². The number of piperidine rings is 1. The maximum Gasteiger partial charge on any atom is 0.220 e. The van der Waals surface area contributed by atoms with Crippen LogP contribution in [0.4, 0.5) is 0 Å². The van der Waals surface area contributed by atoms with E-state index in [0.29, 0.717) is 12.8 Å². The number of nitrogens with one attached hydrogen (secondary N) is 1. The van der Waals surface area contributed by atoms with E-state index < -0.39 is 5.60 Å². The van der Waals surface area contributed by atoms with E-state index in [0.717, 1.165) is 19.0 Å². The molecule has 1 aromatic heterocycles. The van der Waals surface area contributed by atoms with Crippen molar-refractivity contribution >= 4 is 17.2 Å². The van der Waals surface area contributed by atoms with E-state index >= 15 is 0 Å². The summed E-state index contributed by atoms with van der Waals surface area (Å²) in [6.07, 6.45) is 6.47. The third kappa shape index (κ3) is 5.33. The molecule has 2 fully saturated rings. The summed E-state index contributed by atoms with van der Waals surface area (Å²) in [7, 11) is 0. The summed E-state index contributed by atoms with van der Waals surface area (Å²) in [5, 5.41) is 16.5. The molecule has 0 aromatic carbocycles. The molecule has 0 radical (unpaired) electrons. The molecule has 1 aliphatic carbocycles. The minimum atomic E-state index is -0.894. The van der Waals surface area contributed by atoms with E-state index in [-0.39, 0.29) is 23.4 Å². The van der Waals surface area contributed by atoms with Gasteiger partial charge in [0.05, 0.1) is 17.7 Å². The van der Waals surface area contributed by atoms with Crippen molar-refractivity contribution in [3.63, 3.8) is 0 Å². The van der Waals surface area contributed by atoms with Crippen LogP contribution in [0, 0.1) is 11.3 Å². The van der Waals surface area contributed by atoms with Gasteiger partial charge in [0.1, 0.15) is 0 Å². The molecule has 1 saturated carbocycles. The lowest BCUT2D eigenvalue weighted by Crippen LogP contribution is -2.62. The first-order chi connectivity index (χ1) is 12.7. The number of rotatable bonds is 5. The molecule has 4 nitrogen and oxygen atoms in total. The van der Waals surface area contributed by atoms with Crippen LogP contribution in [-0.4, -0.2) is 40.6 Å². The van der Waals surface area contributed by atoms with E-state index in [2.05, 4.69) is 48.5 Å². The van der Waals surface area contributed by atoms with Gasteiger partial charge in [-0.2, -0.15) is 0 Å². The fourth-order valence-electron chi connectivity index (χ4n) is 4.69. The maximum atomic E-state index is 12.7. The predicted molar refractivity (Wildman–Crippen MR) is 112 cm³/mol. The number of aliphatic hydroxyl groups is 1. The average molecular weight is 393 g/mol. The number of hydrogen-bond acceptors (Lipinski definition) is 4. The molecule has 1 aromatic rings. The first kappa shape index (κ1) is 20.8. The average Bonchev–Trinajstić information content (AvgIpc) is 3.22. The fraction of sp³-hybridized carbons (Fsp3) is 0.773. The third-order valence-electron chi connectivity index (χ3n) is 6.09. The molecule has 3 unspecified atom stereocenters. The van der Waals surface area contributed by atoms with Gasteiger partial charge in [-0.1, -0.05) is 39.7 Å². The van der Waals surface area contributed by atoms with Crippen molar-refractivity contribution in [2.75, 3.05) is 13.1 Å². The van der Waals surface area contributed by atoms with Crippen LogP contribution in [0.15, 0.2) is 17.5 Å². The van der Waals surface area contributed by atoms with Crippen molar-refractivity contribution in [2.24, 2.45) is 11.3 Å². The van der Waals surface area contributed by atoms with Crippen LogP contribution < -0.4 is 5.32 Å². The third-order valence-corrected chi connectivity index (χ3v) is 7.04. The number of amides is 1. The van der Waals surface area contributed by atoms with Crippen LogP contribution in [-0.2, 0) is 4.79 Å². The molecule has 3 rings (SSSR count). The predicted octanol–water partition coefficient (Wildman–Crippen LogP) is 4.36. The lowest BCUT2D eigenvalue weighted by Gasteiger charge is -2.49. The van der Waals surface area contributed by atoms with Crippen molar-refractivity contribution in [2.45, 2.75) is 83.9 Å². The first-order valence-electron chi connectivity index (χ1n) is 10.4.